The molecule has 8 nitrogen and oxygen atoms in total. The number of carbonyl (C=O) groups is 1. The van der Waals surface area contributed by atoms with Crippen molar-refractivity contribution in [2.75, 3.05) is 13.2 Å². The van der Waals surface area contributed by atoms with E-state index in [1.165, 1.54) is 12.1 Å². The van der Waals surface area contributed by atoms with Crippen LogP contribution in [0.25, 0.3) is 16.9 Å². The number of amides is 1. The standard InChI is InChI=1S/C32H25FN4O4/c33-25-13-10-22(11-14-25)21-41-28-9-5-4-8-27(28)32(38)35-34-19-24-20-37(26-6-2-1-3-7-26)36-31(24)23-12-15-29-30(18-23)40-17-16-39-29/h1-15,18-20H,16-17,21H2,(H,35,38)/b34-19+. The lowest BCUT2D eigenvalue weighted by Crippen LogP contribution is -2.18. The third kappa shape index (κ3) is 5.94. The molecule has 0 bridgehead atoms. The minimum atomic E-state index is -0.438. The number of nitrogens with zero attached hydrogens (tertiary/aromatic N) is 3. The lowest BCUT2D eigenvalue weighted by Gasteiger charge is -2.18. The van der Waals surface area contributed by atoms with Gasteiger partial charge in [0, 0.05) is 17.3 Å². The van der Waals surface area contributed by atoms with Crippen LogP contribution in [0.5, 0.6) is 17.2 Å². The van der Waals surface area contributed by atoms with Gasteiger partial charge in [0.25, 0.3) is 5.91 Å². The number of aromatic nitrogens is 2. The molecule has 41 heavy (non-hydrogen) atoms. The summed E-state index contributed by atoms with van der Waals surface area (Å²) < 4.78 is 32.2. The molecular weight excluding hydrogens is 523 g/mol. The molecule has 0 saturated carbocycles. The smallest absolute Gasteiger partial charge is 0.275 e. The number of hydrazone groups is 1. The summed E-state index contributed by atoms with van der Waals surface area (Å²) in [4.78, 5) is 13.0. The minimum Gasteiger partial charge on any atom is -0.488 e. The summed E-state index contributed by atoms with van der Waals surface area (Å²) in [5, 5.41) is 9.04. The van der Waals surface area contributed by atoms with E-state index in [1.807, 2.05) is 54.7 Å². The number of ether oxygens (including phenoxy) is 3. The van der Waals surface area contributed by atoms with Crippen LogP contribution in [-0.2, 0) is 6.61 Å². The van der Waals surface area contributed by atoms with E-state index in [2.05, 4.69) is 10.5 Å². The van der Waals surface area contributed by atoms with Gasteiger partial charge in [-0.25, -0.2) is 14.5 Å². The Balaban J connectivity index is 1.23. The van der Waals surface area contributed by atoms with Gasteiger partial charge in [-0.2, -0.15) is 10.2 Å². The number of hydrogen-bond donors (Lipinski definition) is 1. The van der Waals surface area contributed by atoms with Gasteiger partial charge in [-0.15, -0.1) is 0 Å². The highest BCUT2D eigenvalue weighted by molar-refractivity contribution is 5.98. The van der Waals surface area contributed by atoms with Crippen molar-refractivity contribution in [3.05, 3.63) is 126 Å². The van der Waals surface area contributed by atoms with Crippen LogP contribution in [0.2, 0.25) is 0 Å². The first-order valence-electron chi connectivity index (χ1n) is 13.0. The second-order valence-electron chi connectivity index (χ2n) is 9.18. The zero-order valence-electron chi connectivity index (χ0n) is 21.9. The van der Waals surface area contributed by atoms with E-state index >= 15 is 0 Å². The molecule has 0 fully saturated rings. The van der Waals surface area contributed by atoms with E-state index in [9.17, 15) is 9.18 Å². The van der Waals surface area contributed by atoms with Crippen LogP contribution in [-0.4, -0.2) is 35.1 Å². The Morgan fingerprint density at radius 1 is 0.951 bits per heavy atom. The molecule has 9 heteroatoms. The second kappa shape index (κ2) is 11.7. The first kappa shape index (κ1) is 25.8. The summed E-state index contributed by atoms with van der Waals surface area (Å²) in [5.41, 5.74) is 6.73. The van der Waals surface area contributed by atoms with Gasteiger partial charge in [-0.3, -0.25) is 4.79 Å². The van der Waals surface area contributed by atoms with Gasteiger partial charge in [-0.1, -0.05) is 42.5 Å². The molecule has 0 aliphatic carbocycles. The monoisotopic (exact) mass is 548 g/mol. The van der Waals surface area contributed by atoms with Crippen molar-refractivity contribution in [1.29, 1.82) is 0 Å². The first-order chi connectivity index (χ1) is 20.1. The van der Waals surface area contributed by atoms with Crippen molar-refractivity contribution >= 4 is 12.1 Å². The summed E-state index contributed by atoms with van der Waals surface area (Å²) in [6, 6.07) is 28.2. The minimum absolute atomic E-state index is 0.186. The molecule has 0 unspecified atom stereocenters. The van der Waals surface area contributed by atoms with E-state index in [0.29, 0.717) is 47.3 Å². The van der Waals surface area contributed by atoms with Crippen molar-refractivity contribution in [2.45, 2.75) is 6.61 Å². The molecule has 0 spiro atoms. The van der Waals surface area contributed by atoms with E-state index in [4.69, 9.17) is 19.3 Å². The quantitative estimate of drug-likeness (QED) is 0.196. The van der Waals surface area contributed by atoms with Crippen LogP contribution in [0.1, 0.15) is 21.5 Å². The first-order valence-corrected chi connectivity index (χ1v) is 13.0. The Labute approximate surface area is 235 Å². The predicted octanol–water partition coefficient (Wildman–Crippen LogP) is 5.79. The maximum atomic E-state index is 13.2. The highest BCUT2D eigenvalue weighted by Crippen LogP contribution is 2.35. The number of hydrogen-bond acceptors (Lipinski definition) is 6. The van der Waals surface area contributed by atoms with Gasteiger partial charge in [0.05, 0.1) is 17.5 Å². The van der Waals surface area contributed by atoms with Crippen LogP contribution >= 0.6 is 0 Å². The summed E-state index contributed by atoms with van der Waals surface area (Å²) in [6.45, 7) is 1.17. The molecule has 1 aliphatic heterocycles. The average Bonchev–Trinajstić information content (AvgIpc) is 3.45. The van der Waals surface area contributed by atoms with Crippen LogP contribution in [0.15, 0.2) is 108 Å². The van der Waals surface area contributed by atoms with Crippen LogP contribution in [0.4, 0.5) is 4.39 Å². The third-order valence-corrected chi connectivity index (χ3v) is 6.39. The Bertz CT molecular complexity index is 1700. The molecule has 1 aliphatic rings. The van der Waals surface area contributed by atoms with E-state index in [1.54, 1.807) is 47.3 Å². The normalized spacial score (nSPS) is 12.3. The molecular formula is C32H25FN4O4. The van der Waals surface area contributed by atoms with Crippen LogP contribution in [0, 0.1) is 5.82 Å². The Morgan fingerprint density at radius 2 is 1.71 bits per heavy atom. The lowest BCUT2D eigenvalue weighted by atomic mass is 10.1. The molecule has 204 valence electrons. The summed E-state index contributed by atoms with van der Waals surface area (Å²) in [7, 11) is 0. The number of benzene rings is 4. The molecule has 5 aromatic rings. The van der Waals surface area contributed by atoms with Crippen molar-refractivity contribution in [3.8, 4) is 34.2 Å². The van der Waals surface area contributed by atoms with E-state index in [-0.39, 0.29) is 12.4 Å². The average molecular weight is 549 g/mol. The van der Waals surface area contributed by atoms with Crippen molar-refractivity contribution in [2.24, 2.45) is 5.10 Å². The zero-order chi connectivity index (χ0) is 28.0. The summed E-state index contributed by atoms with van der Waals surface area (Å²) in [5.74, 6) is 0.963. The van der Waals surface area contributed by atoms with Crippen molar-refractivity contribution < 1.29 is 23.4 Å². The SMILES string of the molecule is O=C(N/N=C/c1cn(-c2ccccc2)nc1-c1ccc2c(c1)OCCO2)c1ccccc1OCc1ccc(F)cc1. The summed E-state index contributed by atoms with van der Waals surface area (Å²) in [6.07, 6.45) is 3.40. The fourth-order valence-corrected chi connectivity index (χ4v) is 4.35. The predicted molar refractivity (Wildman–Crippen MR) is 152 cm³/mol. The fraction of sp³-hybridized carbons (Fsp3) is 0.0938. The lowest BCUT2D eigenvalue weighted by molar-refractivity contribution is 0.0950. The molecule has 6 rings (SSSR count). The Morgan fingerprint density at radius 3 is 2.54 bits per heavy atom. The molecule has 0 saturated heterocycles. The van der Waals surface area contributed by atoms with Crippen molar-refractivity contribution in [3.63, 3.8) is 0 Å². The number of para-hydroxylation sites is 2. The summed E-state index contributed by atoms with van der Waals surface area (Å²) >= 11 is 0. The van der Waals surface area contributed by atoms with Gasteiger partial charge < -0.3 is 14.2 Å². The Kier molecular flexibility index (Phi) is 7.40. The largest absolute Gasteiger partial charge is 0.488 e. The van der Waals surface area contributed by atoms with Gasteiger partial charge >= 0.3 is 0 Å². The van der Waals surface area contributed by atoms with Gasteiger partial charge in [0.15, 0.2) is 11.5 Å². The number of carbonyl (C=O) groups excluding carboxylic acids is 1. The Hall–Kier alpha value is -5.44. The number of halogens is 1. The maximum absolute atomic E-state index is 13.2. The topological polar surface area (TPSA) is 87.0 Å². The maximum Gasteiger partial charge on any atom is 0.275 e. The van der Waals surface area contributed by atoms with Gasteiger partial charge in [0.2, 0.25) is 0 Å². The third-order valence-electron chi connectivity index (χ3n) is 6.39. The molecule has 0 atom stereocenters. The number of nitrogens with one attached hydrogen (secondary N) is 1. The zero-order valence-corrected chi connectivity index (χ0v) is 21.9. The highest BCUT2D eigenvalue weighted by atomic mass is 19.1. The van der Waals surface area contributed by atoms with Crippen LogP contribution < -0.4 is 19.6 Å². The molecule has 1 aromatic heterocycles. The van der Waals surface area contributed by atoms with E-state index < -0.39 is 5.91 Å². The second-order valence-corrected chi connectivity index (χ2v) is 9.18. The highest BCUT2D eigenvalue weighted by Gasteiger charge is 2.17. The molecule has 4 aromatic carbocycles. The van der Waals surface area contributed by atoms with Crippen molar-refractivity contribution in [1.82, 2.24) is 15.2 Å². The molecule has 1 amide bonds. The molecule has 0 radical (unpaired) electrons. The molecule has 1 N–H and O–H groups in total. The molecule has 2 heterocycles. The number of rotatable bonds is 8. The van der Waals surface area contributed by atoms with Crippen LogP contribution in [0.3, 0.4) is 0 Å². The van der Waals surface area contributed by atoms with Gasteiger partial charge in [0.1, 0.15) is 37.1 Å². The van der Waals surface area contributed by atoms with Gasteiger partial charge in [-0.05, 0) is 60.2 Å². The van der Waals surface area contributed by atoms with E-state index in [0.717, 1.165) is 16.8 Å². The number of fused-ring (bicyclic) bond motifs is 1. The fourth-order valence-electron chi connectivity index (χ4n) is 4.35.